The van der Waals surface area contributed by atoms with Gasteiger partial charge in [-0.3, -0.25) is 0 Å². The zero-order chi connectivity index (χ0) is 8.32. The van der Waals surface area contributed by atoms with Gasteiger partial charge in [0.25, 0.3) is 0 Å². The van der Waals surface area contributed by atoms with Gasteiger partial charge in [-0.15, -0.1) is 0 Å². The maximum absolute atomic E-state index is 11.3. The van der Waals surface area contributed by atoms with Gasteiger partial charge in [-0.05, 0) is 19.9 Å². The first-order valence-corrected chi connectivity index (χ1v) is 5.74. The molecule has 0 bridgehead atoms. The van der Waals surface area contributed by atoms with Crippen LogP contribution in [0.25, 0.3) is 0 Å². The fourth-order valence-electron chi connectivity index (χ4n) is 1.14. The van der Waals surface area contributed by atoms with Gasteiger partial charge in [0, 0.05) is 6.54 Å². The molecule has 66 valence electrons. The molecule has 11 heavy (non-hydrogen) atoms. The third-order valence-electron chi connectivity index (χ3n) is 2.20. The SMILES string of the molecule is CNCCS(=O)(=O)C1CCC1. The summed E-state index contributed by atoms with van der Waals surface area (Å²) in [5.74, 6) is 0.300. The van der Waals surface area contributed by atoms with E-state index >= 15 is 0 Å². The van der Waals surface area contributed by atoms with Gasteiger partial charge in [0.15, 0.2) is 9.84 Å². The maximum atomic E-state index is 11.3. The molecule has 0 radical (unpaired) electrons. The Morgan fingerprint density at radius 3 is 2.45 bits per heavy atom. The van der Waals surface area contributed by atoms with Crippen molar-refractivity contribution < 1.29 is 8.42 Å². The zero-order valence-corrected chi connectivity index (χ0v) is 7.65. The lowest BCUT2D eigenvalue weighted by Gasteiger charge is -2.24. The first kappa shape index (κ1) is 9.00. The molecule has 1 fully saturated rings. The lowest BCUT2D eigenvalue weighted by atomic mass is 10.0. The van der Waals surface area contributed by atoms with E-state index in [0.717, 1.165) is 19.3 Å². The summed E-state index contributed by atoms with van der Waals surface area (Å²) >= 11 is 0. The summed E-state index contributed by atoms with van der Waals surface area (Å²) in [5.41, 5.74) is 0. The Bertz CT molecular complexity index is 206. The van der Waals surface area contributed by atoms with Crippen LogP contribution in [0.4, 0.5) is 0 Å². The van der Waals surface area contributed by atoms with Gasteiger partial charge in [0.05, 0.1) is 11.0 Å². The van der Waals surface area contributed by atoms with Crippen LogP contribution in [0.3, 0.4) is 0 Å². The summed E-state index contributed by atoms with van der Waals surface area (Å²) in [4.78, 5) is 0. The molecule has 1 N–H and O–H groups in total. The highest BCUT2D eigenvalue weighted by Crippen LogP contribution is 2.26. The molecule has 1 rings (SSSR count). The second-order valence-corrected chi connectivity index (χ2v) is 5.42. The monoisotopic (exact) mass is 177 g/mol. The highest BCUT2D eigenvalue weighted by Gasteiger charge is 2.30. The Labute approximate surface area is 68.1 Å². The zero-order valence-electron chi connectivity index (χ0n) is 6.84. The van der Waals surface area contributed by atoms with Crippen molar-refractivity contribution in [1.29, 1.82) is 0 Å². The first-order chi connectivity index (χ1) is 5.17. The Morgan fingerprint density at radius 2 is 2.09 bits per heavy atom. The number of hydrogen-bond donors (Lipinski definition) is 1. The van der Waals surface area contributed by atoms with E-state index in [9.17, 15) is 8.42 Å². The van der Waals surface area contributed by atoms with E-state index in [4.69, 9.17) is 0 Å². The van der Waals surface area contributed by atoms with Crippen LogP contribution < -0.4 is 5.32 Å². The number of rotatable bonds is 4. The minimum atomic E-state index is -2.75. The normalized spacial score (nSPS) is 19.7. The van der Waals surface area contributed by atoms with E-state index in [1.165, 1.54) is 0 Å². The Kier molecular flexibility index (Phi) is 2.90. The molecule has 0 saturated heterocycles. The van der Waals surface area contributed by atoms with E-state index in [0.29, 0.717) is 12.3 Å². The quantitative estimate of drug-likeness (QED) is 0.666. The van der Waals surface area contributed by atoms with Gasteiger partial charge >= 0.3 is 0 Å². The van der Waals surface area contributed by atoms with Crippen LogP contribution in [-0.4, -0.2) is 33.0 Å². The van der Waals surface area contributed by atoms with E-state index in [1.54, 1.807) is 7.05 Å². The fraction of sp³-hybridized carbons (Fsp3) is 1.00. The van der Waals surface area contributed by atoms with Gasteiger partial charge in [-0.2, -0.15) is 0 Å². The predicted octanol–water partition coefficient (Wildman–Crippen LogP) is 0.173. The molecule has 0 amide bonds. The third kappa shape index (κ3) is 2.17. The molecule has 1 aliphatic rings. The topological polar surface area (TPSA) is 46.2 Å². The number of sulfone groups is 1. The van der Waals surface area contributed by atoms with E-state index in [-0.39, 0.29) is 5.25 Å². The van der Waals surface area contributed by atoms with Gasteiger partial charge in [-0.25, -0.2) is 8.42 Å². The summed E-state index contributed by atoms with van der Waals surface area (Å²) < 4.78 is 22.7. The van der Waals surface area contributed by atoms with Crippen molar-refractivity contribution in [2.75, 3.05) is 19.3 Å². The fourth-order valence-corrected chi connectivity index (χ4v) is 3.01. The van der Waals surface area contributed by atoms with Gasteiger partial charge < -0.3 is 5.32 Å². The van der Waals surface area contributed by atoms with Crippen molar-refractivity contribution in [3.8, 4) is 0 Å². The molecule has 0 heterocycles. The minimum absolute atomic E-state index is 0.0177. The molecule has 0 atom stereocenters. The van der Waals surface area contributed by atoms with Crippen LogP contribution in [0.1, 0.15) is 19.3 Å². The van der Waals surface area contributed by atoms with Crippen molar-refractivity contribution in [3.63, 3.8) is 0 Å². The second kappa shape index (κ2) is 3.54. The van der Waals surface area contributed by atoms with Crippen LogP contribution in [-0.2, 0) is 9.84 Å². The molecule has 4 heteroatoms. The number of nitrogens with one attached hydrogen (secondary N) is 1. The molecular formula is C7H15NO2S. The number of hydrogen-bond acceptors (Lipinski definition) is 3. The standard InChI is InChI=1S/C7H15NO2S/c1-8-5-6-11(9,10)7-3-2-4-7/h7-8H,2-6H2,1H3. The largest absolute Gasteiger partial charge is 0.319 e. The summed E-state index contributed by atoms with van der Waals surface area (Å²) in [6.45, 7) is 0.582. The molecule has 1 saturated carbocycles. The van der Waals surface area contributed by atoms with E-state index in [2.05, 4.69) is 5.32 Å². The van der Waals surface area contributed by atoms with Crippen molar-refractivity contribution in [1.82, 2.24) is 5.32 Å². The molecule has 3 nitrogen and oxygen atoms in total. The van der Waals surface area contributed by atoms with E-state index in [1.807, 2.05) is 0 Å². The molecule has 0 aliphatic heterocycles. The Balaban J connectivity index is 2.39. The van der Waals surface area contributed by atoms with Gasteiger partial charge in [0.2, 0.25) is 0 Å². The smallest absolute Gasteiger partial charge is 0.154 e. The molecule has 0 spiro atoms. The summed E-state index contributed by atoms with van der Waals surface area (Å²) in [5, 5.41) is 2.83. The van der Waals surface area contributed by atoms with Crippen LogP contribution in [0.5, 0.6) is 0 Å². The van der Waals surface area contributed by atoms with Crippen LogP contribution in [0.15, 0.2) is 0 Å². The van der Waals surface area contributed by atoms with Crippen molar-refractivity contribution in [3.05, 3.63) is 0 Å². The van der Waals surface area contributed by atoms with Gasteiger partial charge in [0.1, 0.15) is 0 Å². The lowest BCUT2D eigenvalue weighted by Crippen LogP contribution is -2.33. The van der Waals surface area contributed by atoms with Crippen LogP contribution >= 0.6 is 0 Å². The second-order valence-electron chi connectivity index (χ2n) is 3.02. The van der Waals surface area contributed by atoms with Crippen LogP contribution in [0, 0.1) is 0 Å². The Hall–Kier alpha value is -0.0900. The first-order valence-electron chi connectivity index (χ1n) is 4.03. The summed E-state index contributed by atoms with van der Waals surface area (Å²) in [7, 11) is -0.974. The maximum Gasteiger partial charge on any atom is 0.154 e. The van der Waals surface area contributed by atoms with Crippen molar-refractivity contribution in [2.45, 2.75) is 24.5 Å². The summed E-state index contributed by atoms with van der Waals surface area (Å²) in [6.07, 6.45) is 2.85. The highest BCUT2D eigenvalue weighted by atomic mass is 32.2. The molecule has 1 aliphatic carbocycles. The Morgan fingerprint density at radius 1 is 1.45 bits per heavy atom. The van der Waals surface area contributed by atoms with Crippen LogP contribution in [0.2, 0.25) is 0 Å². The molecule has 0 aromatic carbocycles. The molecule has 0 aromatic heterocycles. The minimum Gasteiger partial charge on any atom is -0.319 e. The molecule has 0 unspecified atom stereocenters. The molecule has 0 aromatic rings. The molecular weight excluding hydrogens is 162 g/mol. The third-order valence-corrected chi connectivity index (χ3v) is 4.46. The predicted molar refractivity (Wildman–Crippen MR) is 45.4 cm³/mol. The van der Waals surface area contributed by atoms with Crippen molar-refractivity contribution in [2.24, 2.45) is 0 Å². The average molecular weight is 177 g/mol. The van der Waals surface area contributed by atoms with E-state index < -0.39 is 9.84 Å². The highest BCUT2D eigenvalue weighted by molar-refractivity contribution is 7.92. The lowest BCUT2D eigenvalue weighted by molar-refractivity contribution is 0.476. The van der Waals surface area contributed by atoms with Gasteiger partial charge in [-0.1, -0.05) is 6.42 Å². The average Bonchev–Trinajstić information content (AvgIpc) is 1.78. The summed E-state index contributed by atoms with van der Waals surface area (Å²) in [6, 6.07) is 0. The van der Waals surface area contributed by atoms with Crippen molar-refractivity contribution >= 4 is 9.84 Å².